The van der Waals surface area contributed by atoms with Gasteiger partial charge in [0, 0.05) is 6.54 Å². The molecule has 2 rings (SSSR count). The van der Waals surface area contributed by atoms with Gasteiger partial charge < -0.3 is 5.11 Å². The van der Waals surface area contributed by atoms with Gasteiger partial charge in [-0.2, -0.15) is 0 Å². The Morgan fingerprint density at radius 3 is 2.14 bits per heavy atom. The van der Waals surface area contributed by atoms with Crippen molar-refractivity contribution in [2.75, 3.05) is 12.3 Å². The maximum atomic E-state index is 12.1. The first-order valence-corrected chi connectivity index (χ1v) is 9.81. The molecule has 21 heavy (non-hydrogen) atoms. The van der Waals surface area contributed by atoms with Gasteiger partial charge in [-0.1, -0.05) is 19.3 Å². The van der Waals surface area contributed by atoms with E-state index in [0.717, 1.165) is 38.5 Å². The van der Waals surface area contributed by atoms with Gasteiger partial charge in [-0.05, 0) is 50.4 Å². The lowest BCUT2D eigenvalue weighted by Crippen LogP contribution is -2.35. The van der Waals surface area contributed by atoms with Crippen LogP contribution in [0.1, 0.15) is 57.8 Å². The van der Waals surface area contributed by atoms with E-state index in [2.05, 4.69) is 4.72 Å². The number of hydrogen-bond donors (Lipinski definition) is 2. The van der Waals surface area contributed by atoms with E-state index in [1.54, 1.807) is 0 Å². The molecule has 0 amide bonds. The standard InChI is InChI=1S/C15H27NO4S/c17-15(18)14-8-6-12(7-9-14)10-16-21(19,20)11-13-4-2-1-3-5-13/h12-14,16H,1-11H2,(H,17,18). The van der Waals surface area contributed by atoms with Crippen LogP contribution in [-0.2, 0) is 14.8 Å². The van der Waals surface area contributed by atoms with Crippen molar-refractivity contribution < 1.29 is 18.3 Å². The minimum absolute atomic E-state index is 0.236. The minimum atomic E-state index is -3.18. The van der Waals surface area contributed by atoms with Crippen LogP contribution in [0, 0.1) is 17.8 Å². The molecule has 2 saturated carbocycles. The van der Waals surface area contributed by atoms with Crippen molar-refractivity contribution in [1.29, 1.82) is 0 Å². The minimum Gasteiger partial charge on any atom is -0.481 e. The van der Waals surface area contributed by atoms with Gasteiger partial charge in [0.25, 0.3) is 0 Å². The van der Waals surface area contributed by atoms with E-state index in [0.29, 0.717) is 31.2 Å². The summed E-state index contributed by atoms with van der Waals surface area (Å²) in [6.45, 7) is 0.474. The topological polar surface area (TPSA) is 83.5 Å². The highest BCUT2D eigenvalue weighted by molar-refractivity contribution is 7.89. The summed E-state index contributed by atoms with van der Waals surface area (Å²) < 4.78 is 27.0. The number of rotatable bonds is 6. The van der Waals surface area contributed by atoms with Gasteiger partial charge in [0.05, 0.1) is 11.7 Å². The molecule has 2 aliphatic carbocycles. The summed E-state index contributed by atoms with van der Waals surface area (Å²) in [5.74, 6) is -0.0792. The fourth-order valence-electron chi connectivity index (χ4n) is 3.58. The molecule has 0 aromatic carbocycles. The third-order valence-corrected chi connectivity index (χ3v) is 6.48. The van der Waals surface area contributed by atoms with Crippen LogP contribution in [0.2, 0.25) is 0 Å². The largest absolute Gasteiger partial charge is 0.481 e. The summed E-state index contributed by atoms with van der Waals surface area (Å²) in [7, 11) is -3.18. The molecule has 0 spiro atoms. The monoisotopic (exact) mass is 317 g/mol. The first-order chi connectivity index (χ1) is 9.96. The maximum Gasteiger partial charge on any atom is 0.306 e. The van der Waals surface area contributed by atoms with E-state index in [1.165, 1.54) is 6.42 Å². The predicted molar refractivity (Wildman–Crippen MR) is 81.4 cm³/mol. The lowest BCUT2D eigenvalue weighted by molar-refractivity contribution is -0.143. The van der Waals surface area contributed by atoms with Crippen molar-refractivity contribution in [2.24, 2.45) is 17.8 Å². The Balaban J connectivity index is 1.70. The average molecular weight is 317 g/mol. The van der Waals surface area contributed by atoms with Crippen LogP contribution in [0.3, 0.4) is 0 Å². The van der Waals surface area contributed by atoms with Gasteiger partial charge in [-0.3, -0.25) is 4.79 Å². The van der Waals surface area contributed by atoms with Gasteiger partial charge in [-0.15, -0.1) is 0 Å². The van der Waals surface area contributed by atoms with Crippen molar-refractivity contribution in [2.45, 2.75) is 57.8 Å². The quantitative estimate of drug-likeness (QED) is 0.788. The van der Waals surface area contributed by atoms with Crippen molar-refractivity contribution in [3.8, 4) is 0 Å². The second kappa shape index (κ2) is 7.58. The zero-order valence-electron chi connectivity index (χ0n) is 12.6. The predicted octanol–water partition coefficient (Wildman–Crippen LogP) is 2.38. The van der Waals surface area contributed by atoms with Crippen LogP contribution in [0.5, 0.6) is 0 Å². The molecule has 0 saturated heterocycles. The van der Waals surface area contributed by atoms with E-state index in [-0.39, 0.29) is 11.7 Å². The fourth-order valence-corrected chi connectivity index (χ4v) is 5.14. The van der Waals surface area contributed by atoms with Crippen LogP contribution >= 0.6 is 0 Å². The molecule has 2 N–H and O–H groups in total. The highest BCUT2D eigenvalue weighted by Crippen LogP contribution is 2.29. The van der Waals surface area contributed by atoms with Gasteiger partial charge in [0.1, 0.15) is 0 Å². The normalized spacial score (nSPS) is 28.4. The van der Waals surface area contributed by atoms with Gasteiger partial charge in [0.15, 0.2) is 0 Å². The third kappa shape index (κ3) is 5.58. The van der Waals surface area contributed by atoms with E-state index >= 15 is 0 Å². The summed E-state index contributed by atoms with van der Waals surface area (Å²) in [5.41, 5.74) is 0. The highest BCUT2D eigenvalue weighted by atomic mass is 32.2. The SMILES string of the molecule is O=C(O)C1CCC(CNS(=O)(=O)CC2CCCCC2)CC1. The number of aliphatic carboxylic acids is 1. The number of sulfonamides is 1. The second-order valence-electron chi connectivity index (χ2n) is 6.69. The molecule has 0 radical (unpaired) electrons. The Labute approximate surface area is 127 Å². The van der Waals surface area contributed by atoms with Crippen molar-refractivity contribution in [3.63, 3.8) is 0 Å². The van der Waals surface area contributed by atoms with Crippen molar-refractivity contribution in [1.82, 2.24) is 4.72 Å². The molecule has 2 fully saturated rings. The molecular weight excluding hydrogens is 290 g/mol. The third-order valence-electron chi connectivity index (χ3n) is 4.97. The summed E-state index contributed by atoms with van der Waals surface area (Å²) in [6, 6.07) is 0. The number of carboxylic acids is 1. The Bertz CT molecular complexity index is 435. The number of carbonyl (C=O) groups is 1. The zero-order valence-corrected chi connectivity index (χ0v) is 13.4. The van der Waals surface area contributed by atoms with Crippen LogP contribution in [0.4, 0.5) is 0 Å². The van der Waals surface area contributed by atoms with E-state index in [4.69, 9.17) is 5.11 Å². The Kier molecular flexibility index (Phi) is 6.05. The van der Waals surface area contributed by atoms with Gasteiger partial charge >= 0.3 is 5.97 Å². The van der Waals surface area contributed by atoms with E-state index in [9.17, 15) is 13.2 Å². The van der Waals surface area contributed by atoms with Gasteiger partial charge in [-0.25, -0.2) is 13.1 Å². The molecule has 0 aliphatic heterocycles. The summed E-state index contributed by atoms with van der Waals surface area (Å²) >= 11 is 0. The van der Waals surface area contributed by atoms with Gasteiger partial charge in [0.2, 0.25) is 10.0 Å². The molecular formula is C15H27NO4S. The molecule has 0 bridgehead atoms. The molecule has 0 aromatic heterocycles. The summed E-state index contributed by atoms with van der Waals surface area (Å²) in [4.78, 5) is 10.9. The van der Waals surface area contributed by atoms with E-state index in [1.807, 2.05) is 0 Å². The van der Waals surface area contributed by atoms with E-state index < -0.39 is 16.0 Å². The number of hydrogen-bond acceptors (Lipinski definition) is 3. The Morgan fingerprint density at radius 1 is 0.952 bits per heavy atom. The van der Waals surface area contributed by atoms with Crippen LogP contribution < -0.4 is 4.72 Å². The Hall–Kier alpha value is -0.620. The summed E-state index contributed by atoms with van der Waals surface area (Å²) in [5, 5.41) is 8.95. The Morgan fingerprint density at radius 2 is 1.57 bits per heavy atom. The van der Waals surface area contributed by atoms with Crippen molar-refractivity contribution >= 4 is 16.0 Å². The summed E-state index contributed by atoms with van der Waals surface area (Å²) in [6.07, 6.45) is 8.56. The zero-order chi connectivity index (χ0) is 15.3. The van der Waals surface area contributed by atoms with Crippen LogP contribution in [-0.4, -0.2) is 31.8 Å². The first-order valence-electron chi connectivity index (χ1n) is 8.16. The molecule has 0 aromatic rings. The average Bonchev–Trinajstić information content (AvgIpc) is 2.46. The first kappa shape index (κ1) is 16.7. The lowest BCUT2D eigenvalue weighted by Gasteiger charge is -2.27. The van der Waals surface area contributed by atoms with Crippen LogP contribution in [0.25, 0.3) is 0 Å². The lowest BCUT2D eigenvalue weighted by atomic mass is 9.82. The number of carboxylic acid groups (broad SMARTS) is 1. The fraction of sp³-hybridized carbons (Fsp3) is 0.933. The molecule has 0 atom stereocenters. The molecule has 122 valence electrons. The number of nitrogens with one attached hydrogen (secondary N) is 1. The molecule has 6 heteroatoms. The highest BCUT2D eigenvalue weighted by Gasteiger charge is 2.27. The van der Waals surface area contributed by atoms with Crippen LogP contribution in [0.15, 0.2) is 0 Å². The van der Waals surface area contributed by atoms with Crippen molar-refractivity contribution in [3.05, 3.63) is 0 Å². The molecule has 0 heterocycles. The molecule has 5 nitrogen and oxygen atoms in total. The second-order valence-corrected chi connectivity index (χ2v) is 8.54. The molecule has 2 aliphatic rings. The maximum absolute atomic E-state index is 12.1. The smallest absolute Gasteiger partial charge is 0.306 e. The molecule has 0 unspecified atom stereocenters.